The lowest BCUT2D eigenvalue weighted by Gasteiger charge is -2.12. The lowest BCUT2D eigenvalue weighted by molar-refractivity contribution is 0.0697. The van der Waals surface area contributed by atoms with E-state index >= 15 is 0 Å². The first-order chi connectivity index (χ1) is 14.1. The molecule has 0 saturated heterocycles. The van der Waals surface area contributed by atoms with Gasteiger partial charge in [-0.3, -0.25) is 4.72 Å². The number of sulfonamides is 1. The highest BCUT2D eigenvalue weighted by Gasteiger charge is 2.20. The van der Waals surface area contributed by atoms with Crippen molar-refractivity contribution < 1.29 is 18.3 Å². The van der Waals surface area contributed by atoms with Crippen molar-refractivity contribution in [3.63, 3.8) is 0 Å². The molecule has 0 radical (unpaired) electrons. The summed E-state index contributed by atoms with van der Waals surface area (Å²) in [6.07, 6.45) is 0. The Morgan fingerprint density at radius 2 is 1.77 bits per heavy atom. The fraction of sp³-hybridized carbons (Fsp3) is 0.143. The summed E-state index contributed by atoms with van der Waals surface area (Å²) in [5.74, 6) is -1.10. The number of benzene rings is 2. The Balaban J connectivity index is 1.98. The van der Waals surface area contributed by atoms with E-state index in [-0.39, 0.29) is 11.1 Å². The summed E-state index contributed by atoms with van der Waals surface area (Å²) in [4.78, 5) is 11.8. The zero-order chi connectivity index (χ0) is 22.1. The summed E-state index contributed by atoms with van der Waals surface area (Å²) < 4.78 is 27.5. The fourth-order valence-corrected chi connectivity index (χ4v) is 4.70. The summed E-state index contributed by atoms with van der Waals surface area (Å²) in [5, 5.41) is 17.9. The van der Waals surface area contributed by atoms with E-state index in [0.29, 0.717) is 20.5 Å². The highest BCUT2D eigenvalue weighted by Crippen LogP contribution is 2.40. The SMILES string of the molecule is CC(C)S(=O)(=O)Nc1cc(Cl)sc1-c1ccc(-c2ccc(C(=O)O)cc2C#N)cc1. The maximum atomic E-state index is 12.3. The van der Waals surface area contributed by atoms with Gasteiger partial charge in [0, 0.05) is 0 Å². The van der Waals surface area contributed by atoms with Gasteiger partial charge in [-0.1, -0.05) is 41.9 Å². The van der Waals surface area contributed by atoms with Gasteiger partial charge < -0.3 is 5.11 Å². The quantitative estimate of drug-likeness (QED) is 0.508. The van der Waals surface area contributed by atoms with Crippen LogP contribution in [-0.2, 0) is 10.0 Å². The second kappa shape index (κ2) is 8.48. The predicted octanol–water partition coefficient (Wildman–Crippen LogP) is 5.46. The van der Waals surface area contributed by atoms with E-state index < -0.39 is 21.2 Å². The van der Waals surface area contributed by atoms with Crippen LogP contribution in [0.2, 0.25) is 4.34 Å². The minimum atomic E-state index is -3.53. The number of halogens is 1. The van der Waals surface area contributed by atoms with E-state index in [2.05, 4.69) is 4.72 Å². The number of carbonyl (C=O) groups is 1. The van der Waals surface area contributed by atoms with Gasteiger partial charge in [-0.25, -0.2) is 13.2 Å². The van der Waals surface area contributed by atoms with Gasteiger partial charge in [-0.2, -0.15) is 5.26 Å². The molecule has 2 N–H and O–H groups in total. The molecule has 0 spiro atoms. The number of anilines is 1. The Morgan fingerprint density at radius 3 is 2.33 bits per heavy atom. The molecule has 0 saturated carbocycles. The number of rotatable bonds is 6. The van der Waals surface area contributed by atoms with Crippen LogP contribution in [0.15, 0.2) is 48.5 Å². The molecule has 1 aromatic heterocycles. The van der Waals surface area contributed by atoms with Gasteiger partial charge in [0.1, 0.15) is 0 Å². The van der Waals surface area contributed by atoms with E-state index in [1.165, 1.54) is 23.5 Å². The van der Waals surface area contributed by atoms with Crippen LogP contribution in [0.3, 0.4) is 0 Å². The third-order valence-electron chi connectivity index (χ3n) is 4.42. The van der Waals surface area contributed by atoms with Crippen LogP contribution < -0.4 is 4.72 Å². The van der Waals surface area contributed by atoms with Crippen molar-refractivity contribution in [1.82, 2.24) is 0 Å². The minimum absolute atomic E-state index is 0.0437. The van der Waals surface area contributed by atoms with Crippen molar-refractivity contribution >= 4 is 44.6 Å². The largest absolute Gasteiger partial charge is 0.478 e. The third kappa shape index (κ3) is 4.49. The highest BCUT2D eigenvalue weighted by molar-refractivity contribution is 7.93. The molecule has 3 rings (SSSR count). The van der Waals surface area contributed by atoms with Crippen molar-refractivity contribution in [1.29, 1.82) is 5.26 Å². The van der Waals surface area contributed by atoms with Crippen molar-refractivity contribution in [2.24, 2.45) is 0 Å². The number of carboxylic acid groups (broad SMARTS) is 1. The van der Waals surface area contributed by atoms with E-state index in [4.69, 9.17) is 16.7 Å². The number of nitrogens with zero attached hydrogens (tertiary/aromatic N) is 1. The fourth-order valence-electron chi connectivity index (χ4n) is 2.74. The van der Waals surface area contributed by atoms with Crippen molar-refractivity contribution in [3.05, 3.63) is 64.0 Å². The molecule has 0 unspecified atom stereocenters. The Labute approximate surface area is 183 Å². The van der Waals surface area contributed by atoms with Crippen molar-refractivity contribution in [2.45, 2.75) is 19.1 Å². The lowest BCUT2D eigenvalue weighted by Crippen LogP contribution is -2.22. The molecule has 0 aliphatic carbocycles. The molecule has 0 aliphatic rings. The number of hydrogen-bond donors (Lipinski definition) is 2. The Morgan fingerprint density at radius 1 is 1.13 bits per heavy atom. The topological polar surface area (TPSA) is 107 Å². The zero-order valence-electron chi connectivity index (χ0n) is 16.0. The number of thiophene rings is 1. The van der Waals surface area contributed by atoms with Crippen LogP contribution in [0.5, 0.6) is 0 Å². The molecular weight excluding hydrogens is 444 g/mol. The number of nitriles is 1. The molecule has 6 nitrogen and oxygen atoms in total. The highest BCUT2D eigenvalue weighted by atomic mass is 35.5. The van der Waals surface area contributed by atoms with Crippen molar-refractivity contribution in [3.8, 4) is 27.6 Å². The Bertz CT molecular complexity index is 1260. The molecule has 0 fully saturated rings. The molecule has 1 heterocycles. The molecule has 154 valence electrons. The van der Waals surface area contributed by atoms with E-state index in [1.54, 1.807) is 50.2 Å². The summed E-state index contributed by atoms with van der Waals surface area (Å²) in [7, 11) is -3.53. The first-order valence-electron chi connectivity index (χ1n) is 8.81. The van der Waals surface area contributed by atoms with E-state index in [0.717, 1.165) is 11.1 Å². The molecule has 0 aliphatic heterocycles. The number of hydrogen-bond acceptors (Lipinski definition) is 5. The molecular formula is C21H17ClN2O4S2. The summed E-state index contributed by atoms with van der Waals surface area (Å²) in [6.45, 7) is 3.18. The molecule has 9 heteroatoms. The average molecular weight is 461 g/mol. The first kappa shape index (κ1) is 21.8. The number of carboxylic acids is 1. The standard InChI is InChI=1S/C21H17ClN2O4S2/c1-12(2)30(27,28)24-18-10-19(22)29-20(18)14-5-3-13(4-6-14)17-8-7-15(21(25)26)9-16(17)11-23/h3-10,12,24H,1-2H3,(H,25,26). The maximum absolute atomic E-state index is 12.3. The number of aromatic carboxylic acids is 1. The summed E-state index contributed by atoms with van der Waals surface area (Å²) in [5.41, 5.74) is 2.82. The predicted molar refractivity (Wildman–Crippen MR) is 120 cm³/mol. The van der Waals surface area contributed by atoms with Gasteiger partial charge in [0.2, 0.25) is 10.0 Å². The molecule has 30 heavy (non-hydrogen) atoms. The van der Waals surface area contributed by atoms with Crippen LogP contribution in [0.25, 0.3) is 21.6 Å². The van der Waals surface area contributed by atoms with Gasteiger partial charge in [-0.05, 0) is 48.7 Å². The van der Waals surface area contributed by atoms with Crippen LogP contribution in [0.4, 0.5) is 5.69 Å². The van der Waals surface area contributed by atoms with Gasteiger partial charge >= 0.3 is 5.97 Å². The normalized spacial score (nSPS) is 11.3. The smallest absolute Gasteiger partial charge is 0.335 e. The molecule has 3 aromatic rings. The molecule has 0 amide bonds. The van der Waals surface area contributed by atoms with Crippen LogP contribution in [-0.4, -0.2) is 24.7 Å². The second-order valence-corrected chi connectivity index (χ2v) is 10.7. The third-order valence-corrected chi connectivity index (χ3v) is 7.48. The summed E-state index contributed by atoms with van der Waals surface area (Å²) in [6, 6.07) is 15.2. The van der Waals surface area contributed by atoms with Crippen LogP contribution in [0, 0.1) is 11.3 Å². The van der Waals surface area contributed by atoms with Crippen molar-refractivity contribution in [2.75, 3.05) is 4.72 Å². The van der Waals surface area contributed by atoms with E-state index in [9.17, 15) is 18.5 Å². The second-order valence-electron chi connectivity index (χ2n) is 6.74. The van der Waals surface area contributed by atoms with E-state index in [1.807, 2.05) is 6.07 Å². The van der Waals surface area contributed by atoms with Gasteiger partial charge in [0.05, 0.1) is 37.3 Å². The van der Waals surface area contributed by atoms with Crippen LogP contribution >= 0.6 is 22.9 Å². The van der Waals surface area contributed by atoms with Crippen LogP contribution in [0.1, 0.15) is 29.8 Å². The lowest BCUT2D eigenvalue weighted by atomic mass is 9.97. The molecule has 0 atom stereocenters. The van der Waals surface area contributed by atoms with Gasteiger partial charge in [0.15, 0.2) is 0 Å². The summed E-state index contributed by atoms with van der Waals surface area (Å²) >= 11 is 7.39. The molecule has 2 aromatic carbocycles. The maximum Gasteiger partial charge on any atom is 0.335 e. The van der Waals surface area contributed by atoms with Gasteiger partial charge in [-0.15, -0.1) is 11.3 Å². The zero-order valence-corrected chi connectivity index (χ0v) is 18.4. The first-order valence-corrected chi connectivity index (χ1v) is 11.6. The minimum Gasteiger partial charge on any atom is -0.478 e. The monoisotopic (exact) mass is 460 g/mol. The number of nitrogens with one attached hydrogen (secondary N) is 1. The van der Waals surface area contributed by atoms with Gasteiger partial charge in [0.25, 0.3) is 0 Å². The molecule has 0 bridgehead atoms. The Kier molecular flexibility index (Phi) is 6.17. The Hall–Kier alpha value is -2.86. The average Bonchev–Trinajstić information content (AvgIpc) is 3.06.